The minimum atomic E-state index is -0.0630. The minimum absolute atomic E-state index is 0.0126. The Hall–Kier alpha value is -2.37. The Kier molecular flexibility index (Phi) is 5.06. The topological polar surface area (TPSA) is 60.9 Å². The number of benzene rings is 1. The first-order valence-electron chi connectivity index (χ1n) is 11.8. The van der Waals surface area contributed by atoms with E-state index in [-0.39, 0.29) is 53.8 Å². The second-order valence-electron chi connectivity index (χ2n) is 10.1. The lowest BCUT2D eigenvalue weighted by atomic mass is 9.64. The van der Waals surface area contributed by atoms with Gasteiger partial charge in [-0.05, 0) is 44.1 Å². The molecule has 0 spiro atoms. The van der Waals surface area contributed by atoms with E-state index >= 15 is 0 Å². The van der Waals surface area contributed by atoms with Gasteiger partial charge in [0.05, 0.1) is 18.6 Å². The Labute approximate surface area is 184 Å². The number of carbonyl (C=O) groups is 3. The van der Waals surface area contributed by atoms with Crippen LogP contribution < -0.4 is 0 Å². The van der Waals surface area contributed by atoms with Crippen LogP contribution in [0.5, 0.6) is 0 Å². The average molecular weight is 424 g/mol. The molecule has 6 heteroatoms. The van der Waals surface area contributed by atoms with Crippen LogP contribution in [0.4, 0.5) is 0 Å². The molecule has 0 radical (unpaired) electrons. The summed E-state index contributed by atoms with van der Waals surface area (Å²) in [6.45, 7) is 4.84. The molecule has 0 aromatic heterocycles. The molecule has 2 bridgehead atoms. The van der Waals surface area contributed by atoms with Gasteiger partial charge in [-0.2, -0.15) is 0 Å². The normalized spacial score (nSPS) is 34.4. The lowest BCUT2D eigenvalue weighted by Gasteiger charge is -2.52. The van der Waals surface area contributed by atoms with E-state index < -0.39 is 0 Å². The van der Waals surface area contributed by atoms with Gasteiger partial charge in [-0.1, -0.05) is 37.3 Å². The van der Waals surface area contributed by atoms with E-state index in [0.29, 0.717) is 13.0 Å². The highest BCUT2D eigenvalue weighted by atomic mass is 16.2. The quantitative estimate of drug-likeness (QED) is 0.748. The summed E-state index contributed by atoms with van der Waals surface area (Å²) in [7, 11) is 0. The summed E-state index contributed by atoms with van der Waals surface area (Å²) in [6.07, 6.45) is 6.14. The summed E-state index contributed by atoms with van der Waals surface area (Å²) in [5, 5.41) is 0. The summed E-state index contributed by atoms with van der Waals surface area (Å²) in [4.78, 5) is 44.7. The SMILES string of the molecule is CC(=O)N1[C@H](Cc2ccccc2)[C@@H]2C[C@@]3(C)[C@H](CCC[C@@H]13)N2C(=O)CN1CCCC1=O. The van der Waals surface area contributed by atoms with E-state index in [1.165, 1.54) is 5.56 Å². The molecule has 3 aliphatic heterocycles. The van der Waals surface area contributed by atoms with Crippen molar-refractivity contribution in [2.45, 2.75) is 83.0 Å². The van der Waals surface area contributed by atoms with Crippen LogP contribution in [0.1, 0.15) is 57.9 Å². The first-order valence-corrected chi connectivity index (χ1v) is 11.8. The van der Waals surface area contributed by atoms with Crippen molar-refractivity contribution >= 4 is 17.7 Å². The fraction of sp³-hybridized carbons (Fsp3) is 0.640. The monoisotopic (exact) mass is 423 g/mol. The van der Waals surface area contributed by atoms with Gasteiger partial charge in [0.25, 0.3) is 0 Å². The van der Waals surface area contributed by atoms with E-state index in [1.807, 2.05) is 18.2 Å². The molecule has 3 saturated heterocycles. The highest BCUT2D eigenvalue weighted by molar-refractivity contribution is 5.87. The molecule has 4 fully saturated rings. The van der Waals surface area contributed by atoms with E-state index in [1.54, 1.807) is 11.8 Å². The smallest absolute Gasteiger partial charge is 0.242 e. The third-order valence-corrected chi connectivity index (χ3v) is 8.39. The number of likely N-dealkylation sites (tertiary alicyclic amines) is 3. The van der Waals surface area contributed by atoms with Crippen molar-refractivity contribution in [2.24, 2.45) is 5.41 Å². The molecular formula is C25H33N3O3. The Morgan fingerprint density at radius 3 is 2.42 bits per heavy atom. The van der Waals surface area contributed by atoms with Gasteiger partial charge in [-0.15, -0.1) is 0 Å². The molecule has 5 rings (SSSR count). The fourth-order valence-electron chi connectivity index (χ4n) is 7.11. The number of rotatable bonds is 4. The van der Waals surface area contributed by atoms with Gasteiger partial charge in [0.1, 0.15) is 0 Å². The molecule has 166 valence electrons. The molecule has 5 atom stereocenters. The maximum Gasteiger partial charge on any atom is 0.242 e. The first-order chi connectivity index (χ1) is 14.9. The van der Waals surface area contributed by atoms with Gasteiger partial charge in [0, 0.05) is 37.4 Å². The predicted molar refractivity (Wildman–Crippen MR) is 117 cm³/mol. The van der Waals surface area contributed by atoms with Crippen LogP contribution in [0.2, 0.25) is 0 Å². The van der Waals surface area contributed by atoms with Crippen LogP contribution >= 0.6 is 0 Å². The zero-order valence-corrected chi connectivity index (χ0v) is 18.6. The number of hydrogen-bond donors (Lipinski definition) is 0. The van der Waals surface area contributed by atoms with Gasteiger partial charge in [0.15, 0.2) is 0 Å². The van der Waals surface area contributed by atoms with Gasteiger partial charge < -0.3 is 14.7 Å². The maximum atomic E-state index is 13.6. The molecule has 4 aliphatic rings. The van der Waals surface area contributed by atoms with Crippen molar-refractivity contribution in [3.8, 4) is 0 Å². The predicted octanol–water partition coefficient (Wildman–Crippen LogP) is 2.61. The molecule has 31 heavy (non-hydrogen) atoms. The number of hydrogen-bond acceptors (Lipinski definition) is 3. The van der Waals surface area contributed by atoms with Crippen molar-refractivity contribution in [3.63, 3.8) is 0 Å². The van der Waals surface area contributed by atoms with E-state index in [4.69, 9.17) is 0 Å². The highest BCUT2D eigenvalue weighted by Gasteiger charge is 2.64. The van der Waals surface area contributed by atoms with Crippen LogP contribution in [0.3, 0.4) is 0 Å². The van der Waals surface area contributed by atoms with Crippen LogP contribution in [0.25, 0.3) is 0 Å². The maximum absolute atomic E-state index is 13.6. The number of nitrogens with zero attached hydrogens (tertiary/aromatic N) is 3. The van der Waals surface area contributed by atoms with Crippen molar-refractivity contribution in [1.29, 1.82) is 0 Å². The molecule has 1 saturated carbocycles. The van der Waals surface area contributed by atoms with Crippen LogP contribution in [-0.2, 0) is 20.8 Å². The number of fused-ring (bicyclic) bond motifs is 1. The van der Waals surface area contributed by atoms with E-state index in [2.05, 4.69) is 28.9 Å². The van der Waals surface area contributed by atoms with E-state index in [0.717, 1.165) is 38.5 Å². The molecule has 3 amide bonds. The molecule has 0 N–H and O–H groups in total. The molecule has 1 aromatic rings. The summed E-state index contributed by atoms with van der Waals surface area (Å²) < 4.78 is 0. The zero-order valence-electron chi connectivity index (χ0n) is 18.6. The third kappa shape index (κ3) is 3.26. The largest absolute Gasteiger partial charge is 0.334 e. The Morgan fingerprint density at radius 1 is 1.06 bits per heavy atom. The lowest BCUT2D eigenvalue weighted by Crippen LogP contribution is -2.62. The molecule has 6 nitrogen and oxygen atoms in total. The van der Waals surface area contributed by atoms with Gasteiger partial charge >= 0.3 is 0 Å². The summed E-state index contributed by atoms with van der Waals surface area (Å²) in [6, 6.07) is 10.6. The van der Waals surface area contributed by atoms with E-state index in [9.17, 15) is 14.4 Å². The summed E-state index contributed by atoms with van der Waals surface area (Å²) in [5.74, 6) is 0.277. The van der Waals surface area contributed by atoms with Crippen molar-refractivity contribution in [2.75, 3.05) is 13.1 Å². The summed E-state index contributed by atoms with van der Waals surface area (Å²) >= 11 is 0. The third-order valence-electron chi connectivity index (χ3n) is 8.39. The first kappa shape index (κ1) is 20.5. The Morgan fingerprint density at radius 2 is 1.77 bits per heavy atom. The number of piperidine rings is 1. The van der Waals surface area contributed by atoms with Crippen molar-refractivity contribution in [1.82, 2.24) is 14.7 Å². The number of carbonyl (C=O) groups excluding carboxylic acids is 3. The Balaban J connectivity index is 1.51. The van der Waals surface area contributed by atoms with Gasteiger partial charge in [0.2, 0.25) is 17.7 Å². The average Bonchev–Trinajstić information content (AvgIpc) is 3.28. The molecule has 3 heterocycles. The van der Waals surface area contributed by atoms with Crippen LogP contribution in [0, 0.1) is 5.41 Å². The Bertz CT molecular complexity index is 887. The zero-order chi connectivity index (χ0) is 21.8. The second kappa shape index (κ2) is 7.64. The second-order valence-corrected chi connectivity index (χ2v) is 10.1. The number of amides is 3. The van der Waals surface area contributed by atoms with Crippen molar-refractivity contribution in [3.05, 3.63) is 35.9 Å². The summed E-state index contributed by atoms with van der Waals surface area (Å²) in [5.41, 5.74) is 1.14. The van der Waals surface area contributed by atoms with Gasteiger partial charge in [-0.3, -0.25) is 14.4 Å². The van der Waals surface area contributed by atoms with Crippen molar-refractivity contribution < 1.29 is 14.4 Å². The fourth-order valence-corrected chi connectivity index (χ4v) is 7.11. The molecule has 1 aliphatic carbocycles. The van der Waals surface area contributed by atoms with Gasteiger partial charge in [-0.25, -0.2) is 0 Å². The molecular weight excluding hydrogens is 390 g/mol. The van der Waals surface area contributed by atoms with Crippen LogP contribution in [-0.4, -0.2) is 69.7 Å². The molecule has 0 unspecified atom stereocenters. The highest BCUT2D eigenvalue weighted by Crippen LogP contribution is 2.56. The van der Waals surface area contributed by atoms with Crippen LogP contribution in [0.15, 0.2) is 30.3 Å². The molecule has 1 aromatic carbocycles. The lowest BCUT2D eigenvalue weighted by molar-refractivity contribution is -0.143. The standard InChI is InChI=1S/C25H33N3O3/c1-17(29)27-19(14-18-8-4-3-5-9-18)20-15-25(2)21(27)10-6-11-22(25)28(20)24(31)16-26-13-7-12-23(26)30/h3-5,8-9,19-22H,6-7,10-16H2,1-2H3/t19-,20+,21-,22+,25-/m1/s1. The minimum Gasteiger partial charge on any atom is -0.334 e.